The molecule has 3 nitrogen and oxygen atoms in total. The van der Waals surface area contributed by atoms with Crippen LogP contribution in [0.4, 0.5) is 10.2 Å². The van der Waals surface area contributed by atoms with Gasteiger partial charge in [-0.05, 0) is 40.0 Å². The molecule has 2 heterocycles. The van der Waals surface area contributed by atoms with Crippen LogP contribution in [0.2, 0.25) is 0 Å². The maximum Gasteiger partial charge on any atom is 0.139 e. The molecule has 2 aromatic rings. The molecular formula is C16H19BrFN3. The maximum atomic E-state index is 13.1. The summed E-state index contributed by atoms with van der Waals surface area (Å²) in [6.07, 6.45) is 0.941. The largest absolute Gasteiger partial charge is 0.369 e. The highest BCUT2D eigenvalue weighted by Crippen LogP contribution is 2.39. The molecule has 3 rings (SSSR count). The van der Waals surface area contributed by atoms with Crippen molar-refractivity contribution in [2.45, 2.75) is 38.6 Å². The molecule has 1 aliphatic rings. The first kappa shape index (κ1) is 14.6. The van der Waals surface area contributed by atoms with Gasteiger partial charge in [0.15, 0.2) is 0 Å². The van der Waals surface area contributed by atoms with E-state index in [1.807, 2.05) is 16.8 Å². The number of hydrogen-bond acceptors (Lipinski definition) is 2. The van der Waals surface area contributed by atoms with Crippen LogP contribution in [0, 0.1) is 5.82 Å². The van der Waals surface area contributed by atoms with Gasteiger partial charge in [-0.3, -0.25) is 0 Å². The zero-order valence-electron chi connectivity index (χ0n) is 12.5. The molecule has 5 heteroatoms. The minimum absolute atomic E-state index is 0.0296. The average molecular weight is 352 g/mol. The van der Waals surface area contributed by atoms with Crippen LogP contribution in [0.1, 0.15) is 44.5 Å². The van der Waals surface area contributed by atoms with Crippen molar-refractivity contribution in [3.05, 3.63) is 45.8 Å². The van der Waals surface area contributed by atoms with E-state index >= 15 is 0 Å². The summed E-state index contributed by atoms with van der Waals surface area (Å²) in [6.45, 7) is 7.34. The number of fused-ring (bicyclic) bond motifs is 1. The van der Waals surface area contributed by atoms with Crippen LogP contribution in [0.15, 0.2) is 28.7 Å². The number of anilines is 1. The third kappa shape index (κ3) is 2.59. The fraction of sp³-hybridized carbons (Fsp3) is 0.438. The summed E-state index contributed by atoms with van der Waals surface area (Å²) in [5, 5.41) is 8.23. The number of benzene rings is 1. The van der Waals surface area contributed by atoms with Crippen molar-refractivity contribution in [3.8, 4) is 0 Å². The molecule has 0 bridgehead atoms. The fourth-order valence-corrected chi connectivity index (χ4v) is 3.72. The predicted octanol–water partition coefficient (Wildman–Crippen LogP) is 4.49. The third-order valence-electron chi connectivity index (χ3n) is 3.82. The summed E-state index contributed by atoms with van der Waals surface area (Å²) in [6, 6.07) is 6.87. The quantitative estimate of drug-likeness (QED) is 0.820. The first-order chi connectivity index (χ1) is 9.88. The van der Waals surface area contributed by atoms with E-state index in [-0.39, 0.29) is 17.3 Å². The molecule has 1 aromatic carbocycles. The molecule has 1 N–H and O–H groups in total. The van der Waals surface area contributed by atoms with Gasteiger partial charge in [-0.15, -0.1) is 0 Å². The van der Waals surface area contributed by atoms with Crippen molar-refractivity contribution >= 4 is 21.7 Å². The normalized spacial score (nSPS) is 18.2. The van der Waals surface area contributed by atoms with Crippen molar-refractivity contribution in [2.24, 2.45) is 0 Å². The monoisotopic (exact) mass is 351 g/mol. The van der Waals surface area contributed by atoms with Gasteiger partial charge in [0.05, 0.1) is 16.2 Å². The van der Waals surface area contributed by atoms with Gasteiger partial charge in [-0.25, -0.2) is 9.07 Å². The van der Waals surface area contributed by atoms with E-state index in [0.717, 1.165) is 34.5 Å². The van der Waals surface area contributed by atoms with Crippen molar-refractivity contribution in [1.82, 2.24) is 9.78 Å². The smallest absolute Gasteiger partial charge is 0.139 e. The first-order valence-electron chi connectivity index (χ1n) is 7.16. The summed E-state index contributed by atoms with van der Waals surface area (Å²) in [5.74, 6) is 0.811. The van der Waals surface area contributed by atoms with Crippen molar-refractivity contribution < 1.29 is 4.39 Å². The molecule has 0 saturated heterocycles. The lowest BCUT2D eigenvalue weighted by atomic mass is 9.92. The standard InChI is InChI=1S/C16H19BrFN3/c1-16(2,3)14-13(17)15-19-9-8-12(21(15)20-14)10-4-6-11(18)7-5-10/h4-7,12,19H,8-9H2,1-3H3. The van der Waals surface area contributed by atoms with Gasteiger partial charge in [0, 0.05) is 12.0 Å². The van der Waals surface area contributed by atoms with E-state index in [4.69, 9.17) is 5.10 Å². The number of nitrogens with zero attached hydrogens (tertiary/aromatic N) is 2. The predicted molar refractivity (Wildman–Crippen MR) is 86.3 cm³/mol. The van der Waals surface area contributed by atoms with Gasteiger partial charge in [-0.2, -0.15) is 5.10 Å². The highest BCUT2D eigenvalue weighted by atomic mass is 79.9. The fourth-order valence-electron chi connectivity index (χ4n) is 2.72. The van der Waals surface area contributed by atoms with Gasteiger partial charge in [0.2, 0.25) is 0 Å². The van der Waals surface area contributed by atoms with Gasteiger partial charge < -0.3 is 5.32 Å². The van der Waals surface area contributed by atoms with Crippen LogP contribution < -0.4 is 5.32 Å². The van der Waals surface area contributed by atoms with Gasteiger partial charge in [0.25, 0.3) is 0 Å². The molecule has 1 aliphatic heterocycles. The average Bonchev–Trinajstić information content (AvgIpc) is 2.77. The summed E-state index contributed by atoms with van der Waals surface area (Å²) in [4.78, 5) is 0. The van der Waals surface area contributed by atoms with Crippen LogP contribution in [0.3, 0.4) is 0 Å². The van der Waals surface area contributed by atoms with Crippen molar-refractivity contribution in [1.29, 1.82) is 0 Å². The Morgan fingerprint density at radius 2 is 1.95 bits per heavy atom. The first-order valence-corrected chi connectivity index (χ1v) is 7.95. The summed E-state index contributed by atoms with van der Waals surface area (Å²) in [7, 11) is 0. The molecule has 1 unspecified atom stereocenters. The Labute approximate surface area is 132 Å². The maximum absolute atomic E-state index is 13.1. The molecule has 0 amide bonds. The number of halogens is 2. The van der Waals surface area contributed by atoms with Gasteiger partial charge >= 0.3 is 0 Å². The molecule has 0 aliphatic carbocycles. The highest BCUT2D eigenvalue weighted by Gasteiger charge is 2.30. The van der Waals surface area contributed by atoms with Gasteiger partial charge in [-0.1, -0.05) is 32.9 Å². The zero-order valence-corrected chi connectivity index (χ0v) is 14.0. The van der Waals surface area contributed by atoms with Crippen molar-refractivity contribution in [2.75, 3.05) is 11.9 Å². The molecule has 0 saturated carbocycles. The van der Waals surface area contributed by atoms with Crippen LogP contribution in [-0.2, 0) is 5.41 Å². The summed E-state index contributed by atoms with van der Waals surface area (Å²) in [5.41, 5.74) is 2.10. The topological polar surface area (TPSA) is 29.9 Å². The Hall–Kier alpha value is -1.36. The molecule has 1 aromatic heterocycles. The van der Waals surface area contributed by atoms with E-state index < -0.39 is 0 Å². The Balaban J connectivity index is 2.08. The van der Waals surface area contributed by atoms with E-state index in [0.29, 0.717) is 0 Å². The van der Waals surface area contributed by atoms with Crippen LogP contribution in [0.5, 0.6) is 0 Å². The number of rotatable bonds is 1. The Morgan fingerprint density at radius 1 is 1.29 bits per heavy atom. The molecule has 0 spiro atoms. The lowest BCUT2D eigenvalue weighted by molar-refractivity contribution is 0.462. The summed E-state index contributed by atoms with van der Waals surface area (Å²) < 4.78 is 16.2. The molecule has 112 valence electrons. The molecule has 21 heavy (non-hydrogen) atoms. The van der Waals surface area contributed by atoms with Crippen LogP contribution >= 0.6 is 15.9 Å². The number of hydrogen-bond donors (Lipinski definition) is 1. The van der Waals surface area contributed by atoms with E-state index in [2.05, 4.69) is 42.0 Å². The third-order valence-corrected chi connectivity index (χ3v) is 4.57. The van der Waals surface area contributed by atoms with E-state index in [9.17, 15) is 4.39 Å². The van der Waals surface area contributed by atoms with Crippen molar-refractivity contribution in [3.63, 3.8) is 0 Å². The SMILES string of the molecule is CC(C)(C)c1nn2c(c1Br)NCCC2c1ccc(F)cc1. The molecule has 1 atom stereocenters. The van der Waals surface area contributed by atoms with Crippen LogP contribution in [0.25, 0.3) is 0 Å². The minimum Gasteiger partial charge on any atom is -0.369 e. The second-order valence-electron chi connectivity index (χ2n) is 6.49. The second-order valence-corrected chi connectivity index (χ2v) is 7.28. The summed E-state index contributed by atoms with van der Waals surface area (Å²) >= 11 is 3.68. The number of nitrogens with one attached hydrogen (secondary N) is 1. The Bertz CT molecular complexity index is 655. The van der Waals surface area contributed by atoms with E-state index in [1.165, 1.54) is 12.1 Å². The Kier molecular flexibility index (Phi) is 3.56. The highest BCUT2D eigenvalue weighted by molar-refractivity contribution is 9.10. The molecule has 0 radical (unpaired) electrons. The minimum atomic E-state index is -0.204. The molecular weight excluding hydrogens is 333 g/mol. The van der Waals surface area contributed by atoms with Crippen LogP contribution in [-0.4, -0.2) is 16.3 Å². The molecule has 0 fully saturated rings. The lowest BCUT2D eigenvalue weighted by Gasteiger charge is -2.26. The second kappa shape index (κ2) is 5.13. The zero-order chi connectivity index (χ0) is 15.2. The Morgan fingerprint density at radius 3 is 2.57 bits per heavy atom. The number of aromatic nitrogens is 2. The van der Waals surface area contributed by atoms with Gasteiger partial charge in [0.1, 0.15) is 11.6 Å². The van der Waals surface area contributed by atoms with E-state index in [1.54, 1.807) is 0 Å². The lowest BCUT2D eigenvalue weighted by Crippen LogP contribution is -2.24.